The number of anilines is 1. The van der Waals surface area contributed by atoms with Gasteiger partial charge in [-0.1, -0.05) is 5.10 Å². The summed E-state index contributed by atoms with van der Waals surface area (Å²) in [6, 6.07) is 0.230. The molecule has 1 atom stereocenters. The van der Waals surface area contributed by atoms with E-state index in [-0.39, 0.29) is 12.1 Å². The summed E-state index contributed by atoms with van der Waals surface area (Å²) in [6.45, 7) is 1.97. The topological polar surface area (TPSA) is 68.2 Å². The Morgan fingerprint density at radius 3 is 2.45 bits per heavy atom. The van der Waals surface area contributed by atoms with Gasteiger partial charge in [0.25, 0.3) is 0 Å². The van der Waals surface area contributed by atoms with Gasteiger partial charge in [-0.05, 0) is 21.0 Å². The van der Waals surface area contributed by atoms with Crippen molar-refractivity contribution in [2.75, 3.05) is 19.8 Å². The lowest BCUT2D eigenvalue weighted by molar-refractivity contribution is 0.271. The second-order valence-electron chi connectivity index (χ2n) is 2.62. The van der Waals surface area contributed by atoms with Crippen molar-refractivity contribution < 1.29 is 4.42 Å². The first-order valence-electron chi connectivity index (χ1n) is 3.36. The number of aromatic nitrogens is 2. The van der Waals surface area contributed by atoms with Crippen LogP contribution < -0.4 is 5.73 Å². The maximum Gasteiger partial charge on any atom is 0.312 e. The summed E-state index contributed by atoms with van der Waals surface area (Å²) < 4.78 is 5.02. The highest BCUT2D eigenvalue weighted by molar-refractivity contribution is 5.06. The predicted molar refractivity (Wildman–Crippen MR) is 40.8 cm³/mol. The first kappa shape index (κ1) is 8.00. The largest absolute Gasteiger partial charge is 0.407 e. The van der Waals surface area contributed by atoms with Crippen LogP contribution in [0.2, 0.25) is 0 Å². The number of rotatable bonds is 2. The van der Waals surface area contributed by atoms with E-state index >= 15 is 0 Å². The zero-order chi connectivity index (χ0) is 8.43. The molecule has 0 bridgehead atoms. The SMILES string of the molecule is CC(c1nnc(N)o1)N(C)C. The van der Waals surface area contributed by atoms with Gasteiger partial charge in [-0.2, -0.15) is 0 Å². The Hall–Kier alpha value is -1.10. The van der Waals surface area contributed by atoms with Crippen molar-refractivity contribution in [2.24, 2.45) is 0 Å². The minimum Gasteiger partial charge on any atom is -0.407 e. The molecule has 0 aliphatic rings. The maximum atomic E-state index is 5.26. The quantitative estimate of drug-likeness (QED) is 0.665. The maximum absolute atomic E-state index is 5.26. The second-order valence-corrected chi connectivity index (χ2v) is 2.62. The molecule has 1 aromatic rings. The molecule has 0 aliphatic carbocycles. The third-order valence-corrected chi connectivity index (χ3v) is 1.59. The fourth-order valence-corrected chi connectivity index (χ4v) is 0.636. The summed E-state index contributed by atoms with van der Waals surface area (Å²) in [5, 5.41) is 7.31. The van der Waals surface area contributed by atoms with E-state index in [4.69, 9.17) is 10.2 Å². The highest BCUT2D eigenvalue weighted by Crippen LogP contribution is 2.15. The molecule has 0 fully saturated rings. The first-order chi connectivity index (χ1) is 5.11. The van der Waals surface area contributed by atoms with Crippen molar-refractivity contribution >= 4 is 6.01 Å². The van der Waals surface area contributed by atoms with E-state index in [0.717, 1.165) is 0 Å². The van der Waals surface area contributed by atoms with Crippen LogP contribution in [-0.2, 0) is 0 Å². The molecular formula is C6H12N4O. The monoisotopic (exact) mass is 156 g/mol. The van der Waals surface area contributed by atoms with E-state index < -0.39 is 0 Å². The molecule has 5 heteroatoms. The summed E-state index contributed by atoms with van der Waals surface area (Å²) in [4.78, 5) is 1.97. The van der Waals surface area contributed by atoms with Gasteiger partial charge in [-0.3, -0.25) is 4.90 Å². The van der Waals surface area contributed by atoms with Crippen LogP contribution in [0, 0.1) is 0 Å². The smallest absolute Gasteiger partial charge is 0.312 e. The third kappa shape index (κ3) is 1.68. The lowest BCUT2D eigenvalue weighted by atomic mass is 10.3. The Bertz CT molecular complexity index is 232. The van der Waals surface area contributed by atoms with Crippen LogP contribution in [0.4, 0.5) is 6.01 Å². The Morgan fingerprint density at radius 1 is 1.45 bits per heavy atom. The summed E-state index contributed by atoms with van der Waals surface area (Å²) in [6.07, 6.45) is 0. The molecule has 1 unspecified atom stereocenters. The summed E-state index contributed by atoms with van der Waals surface area (Å²) in [5.41, 5.74) is 5.26. The van der Waals surface area contributed by atoms with Gasteiger partial charge in [0, 0.05) is 0 Å². The zero-order valence-corrected chi connectivity index (χ0v) is 6.90. The third-order valence-electron chi connectivity index (χ3n) is 1.59. The van der Waals surface area contributed by atoms with Gasteiger partial charge in [0.05, 0.1) is 6.04 Å². The molecule has 1 heterocycles. The van der Waals surface area contributed by atoms with Crippen LogP contribution in [-0.4, -0.2) is 29.2 Å². The number of nitrogens with zero attached hydrogens (tertiary/aromatic N) is 3. The average molecular weight is 156 g/mol. The molecule has 0 saturated heterocycles. The molecule has 0 saturated carbocycles. The minimum atomic E-state index is 0.111. The molecule has 1 aromatic heterocycles. The molecule has 5 nitrogen and oxygen atoms in total. The zero-order valence-electron chi connectivity index (χ0n) is 6.90. The van der Waals surface area contributed by atoms with Gasteiger partial charge in [0.1, 0.15) is 0 Å². The van der Waals surface area contributed by atoms with Crippen LogP contribution >= 0.6 is 0 Å². The van der Waals surface area contributed by atoms with E-state index in [2.05, 4.69) is 10.2 Å². The van der Waals surface area contributed by atoms with Gasteiger partial charge < -0.3 is 10.2 Å². The normalized spacial score (nSPS) is 13.8. The predicted octanol–water partition coefficient (Wildman–Crippen LogP) is 0.274. The summed E-state index contributed by atoms with van der Waals surface area (Å²) >= 11 is 0. The van der Waals surface area contributed by atoms with Gasteiger partial charge >= 0.3 is 6.01 Å². The van der Waals surface area contributed by atoms with Gasteiger partial charge in [-0.15, -0.1) is 5.10 Å². The number of nitrogens with two attached hydrogens (primary N) is 1. The van der Waals surface area contributed by atoms with Crippen LogP contribution in [0.25, 0.3) is 0 Å². The molecule has 1 rings (SSSR count). The van der Waals surface area contributed by atoms with Crippen molar-refractivity contribution in [1.29, 1.82) is 0 Å². The average Bonchev–Trinajstić information content (AvgIpc) is 2.34. The summed E-state index contributed by atoms with van der Waals surface area (Å²) in [7, 11) is 3.87. The van der Waals surface area contributed by atoms with Crippen LogP contribution in [0.3, 0.4) is 0 Å². The lowest BCUT2D eigenvalue weighted by Crippen LogP contribution is -2.16. The Morgan fingerprint density at radius 2 is 2.09 bits per heavy atom. The molecule has 0 amide bonds. The fourth-order valence-electron chi connectivity index (χ4n) is 0.636. The van der Waals surface area contributed by atoms with Crippen molar-refractivity contribution in [3.05, 3.63) is 5.89 Å². The van der Waals surface area contributed by atoms with E-state index in [9.17, 15) is 0 Å². The highest BCUT2D eigenvalue weighted by atomic mass is 16.4. The first-order valence-corrected chi connectivity index (χ1v) is 3.36. The molecule has 2 N–H and O–H groups in total. The minimum absolute atomic E-state index is 0.111. The van der Waals surface area contributed by atoms with E-state index in [1.165, 1.54) is 0 Å². The Balaban J connectivity index is 2.76. The number of nitrogen functional groups attached to an aromatic ring is 1. The van der Waals surface area contributed by atoms with E-state index in [0.29, 0.717) is 5.89 Å². The molecular weight excluding hydrogens is 144 g/mol. The second kappa shape index (κ2) is 2.87. The number of hydrogen-bond donors (Lipinski definition) is 1. The van der Waals surface area contributed by atoms with E-state index in [1.54, 1.807) is 0 Å². The van der Waals surface area contributed by atoms with E-state index in [1.807, 2.05) is 25.9 Å². The molecule has 0 aromatic carbocycles. The van der Waals surface area contributed by atoms with Crippen molar-refractivity contribution in [3.8, 4) is 0 Å². The van der Waals surface area contributed by atoms with Gasteiger partial charge in [-0.25, -0.2) is 0 Å². The molecule has 0 radical (unpaired) electrons. The number of hydrogen-bond acceptors (Lipinski definition) is 5. The molecule has 0 aliphatic heterocycles. The highest BCUT2D eigenvalue weighted by Gasteiger charge is 2.13. The fraction of sp³-hybridized carbons (Fsp3) is 0.667. The Kier molecular flexibility index (Phi) is 2.09. The van der Waals surface area contributed by atoms with Gasteiger partial charge in [0.15, 0.2) is 0 Å². The van der Waals surface area contributed by atoms with Crippen molar-refractivity contribution in [1.82, 2.24) is 15.1 Å². The summed E-state index contributed by atoms with van der Waals surface area (Å²) in [5.74, 6) is 0.549. The van der Waals surface area contributed by atoms with Crippen LogP contribution in [0.1, 0.15) is 18.9 Å². The standard InChI is InChI=1S/C6H12N4O/c1-4(10(2)3)5-8-9-6(7)11-5/h4H,1-3H3,(H2,7,9). The Labute approximate surface area is 65.2 Å². The molecule has 62 valence electrons. The van der Waals surface area contributed by atoms with Gasteiger partial charge in [0.2, 0.25) is 5.89 Å². The van der Waals surface area contributed by atoms with Crippen LogP contribution in [0.15, 0.2) is 4.42 Å². The molecule has 11 heavy (non-hydrogen) atoms. The van der Waals surface area contributed by atoms with Crippen molar-refractivity contribution in [3.63, 3.8) is 0 Å². The molecule has 0 spiro atoms. The van der Waals surface area contributed by atoms with Crippen LogP contribution in [0.5, 0.6) is 0 Å². The lowest BCUT2D eigenvalue weighted by Gasteiger charge is -2.14. The van der Waals surface area contributed by atoms with Crippen molar-refractivity contribution in [2.45, 2.75) is 13.0 Å².